The standard InChI is InChI=1S/C21H12N4/c1-3-7-15-13(5-1)14-6-2-4-8-16(14)21(15)19-17(22-9-11-24-19)18-20(21)25-12-10-23-18/h1-12H. The van der Waals surface area contributed by atoms with E-state index in [9.17, 15) is 0 Å². The van der Waals surface area contributed by atoms with Gasteiger partial charge in [0.15, 0.2) is 0 Å². The van der Waals surface area contributed by atoms with Crippen LogP contribution in [0.2, 0.25) is 0 Å². The smallest absolute Gasteiger partial charge is 0.114 e. The number of nitrogens with zero attached hydrogens (tertiary/aromatic N) is 4. The molecule has 2 aromatic heterocycles. The first-order chi connectivity index (χ1) is 12.4. The molecule has 0 amide bonds. The van der Waals surface area contributed by atoms with Gasteiger partial charge in [-0.25, -0.2) is 0 Å². The van der Waals surface area contributed by atoms with Crippen LogP contribution in [0.5, 0.6) is 0 Å². The molecule has 0 unspecified atom stereocenters. The summed E-state index contributed by atoms with van der Waals surface area (Å²) in [5, 5.41) is 0. The van der Waals surface area contributed by atoms with Gasteiger partial charge in [-0.3, -0.25) is 19.9 Å². The number of benzene rings is 2. The molecule has 2 aliphatic rings. The molecule has 4 nitrogen and oxygen atoms in total. The topological polar surface area (TPSA) is 51.6 Å². The molecule has 0 atom stereocenters. The quantitative estimate of drug-likeness (QED) is 0.429. The minimum atomic E-state index is -0.527. The van der Waals surface area contributed by atoms with E-state index in [-0.39, 0.29) is 0 Å². The molecule has 0 N–H and O–H groups in total. The Morgan fingerprint density at radius 2 is 0.960 bits per heavy atom. The van der Waals surface area contributed by atoms with E-state index in [1.807, 2.05) is 0 Å². The SMILES string of the molecule is c1ccc2c(c1)-c1ccccc1C21c2nccnc2-c2nccnc21. The third-order valence-electron chi connectivity index (χ3n) is 5.28. The minimum Gasteiger partial charge on any atom is -0.256 e. The molecule has 0 saturated heterocycles. The Kier molecular flexibility index (Phi) is 2.26. The summed E-state index contributed by atoms with van der Waals surface area (Å²) in [6.07, 6.45) is 6.97. The highest BCUT2D eigenvalue weighted by Crippen LogP contribution is 2.60. The molecule has 0 fully saturated rings. The first-order valence-electron chi connectivity index (χ1n) is 8.25. The second kappa shape index (κ2) is 4.36. The fraction of sp³-hybridized carbons (Fsp3) is 0.0476. The average molecular weight is 320 g/mol. The Morgan fingerprint density at radius 1 is 0.520 bits per heavy atom. The lowest BCUT2D eigenvalue weighted by atomic mass is 9.75. The van der Waals surface area contributed by atoms with Crippen LogP contribution in [0.4, 0.5) is 0 Å². The van der Waals surface area contributed by atoms with Gasteiger partial charge in [-0.05, 0) is 22.3 Å². The van der Waals surface area contributed by atoms with Crippen molar-refractivity contribution in [1.82, 2.24) is 19.9 Å². The summed E-state index contributed by atoms with van der Waals surface area (Å²) in [7, 11) is 0. The summed E-state index contributed by atoms with van der Waals surface area (Å²) in [5.41, 5.74) is 7.85. The van der Waals surface area contributed by atoms with E-state index < -0.39 is 5.41 Å². The summed E-state index contributed by atoms with van der Waals surface area (Å²) >= 11 is 0. The number of hydrogen-bond donors (Lipinski definition) is 0. The van der Waals surface area contributed by atoms with Crippen molar-refractivity contribution >= 4 is 0 Å². The predicted molar refractivity (Wildman–Crippen MR) is 93.9 cm³/mol. The molecular weight excluding hydrogens is 308 g/mol. The van der Waals surface area contributed by atoms with E-state index in [0.29, 0.717) is 0 Å². The summed E-state index contributed by atoms with van der Waals surface area (Å²) in [6.45, 7) is 0. The molecule has 0 bridgehead atoms. The molecule has 0 saturated carbocycles. The van der Waals surface area contributed by atoms with Crippen molar-refractivity contribution in [3.63, 3.8) is 0 Å². The van der Waals surface area contributed by atoms with E-state index in [0.717, 1.165) is 22.8 Å². The van der Waals surface area contributed by atoms with Crippen LogP contribution in [0.25, 0.3) is 22.5 Å². The fourth-order valence-corrected chi connectivity index (χ4v) is 4.43. The van der Waals surface area contributed by atoms with Gasteiger partial charge in [0.1, 0.15) is 16.8 Å². The zero-order chi connectivity index (χ0) is 16.4. The summed E-state index contributed by atoms with van der Waals surface area (Å²) in [4.78, 5) is 18.7. The van der Waals surface area contributed by atoms with E-state index in [2.05, 4.69) is 58.5 Å². The predicted octanol–water partition coefficient (Wildman–Crippen LogP) is 3.61. The molecule has 25 heavy (non-hydrogen) atoms. The lowest BCUT2D eigenvalue weighted by Gasteiger charge is -2.27. The third-order valence-corrected chi connectivity index (χ3v) is 5.28. The Hall–Kier alpha value is -3.40. The van der Waals surface area contributed by atoms with Crippen LogP contribution in [-0.2, 0) is 5.41 Å². The zero-order valence-corrected chi connectivity index (χ0v) is 13.2. The highest BCUT2D eigenvalue weighted by atomic mass is 14.9. The van der Waals surface area contributed by atoms with Crippen LogP contribution in [0, 0.1) is 0 Å². The maximum atomic E-state index is 4.76. The molecule has 2 aliphatic carbocycles. The number of aromatic nitrogens is 4. The van der Waals surface area contributed by atoms with Gasteiger partial charge in [0, 0.05) is 24.8 Å². The fourth-order valence-electron chi connectivity index (χ4n) is 4.43. The van der Waals surface area contributed by atoms with Gasteiger partial charge in [-0.1, -0.05) is 48.5 Å². The molecule has 1 spiro atoms. The van der Waals surface area contributed by atoms with Gasteiger partial charge in [0.2, 0.25) is 0 Å². The summed E-state index contributed by atoms with van der Waals surface area (Å²) in [6, 6.07) is 17.0. The highest BCUT2D eigenvalue weighted by molar-refractivity contribution is 5.91. The first kappa shape index (κ1) is 13.0. The first-order valence-corrected chi connectivity index (χ1v) is 8.25. The van der Waals surface area contributed by atoms with E-state index in [1.54, 1.807) is 24.8 Å². The van der Waals surface area contributed by atoms with Gasteiger partial charge in [0.05, 0.1) is 11.4 Å². The Balaban J connectivity index is 1.89. The van der Waals surface area contributed by atoms with Gasteiger partial charge in [-0.2, -0.15) is 0 Å². The van der Waals surface area contributed by atoms with Crippen LogP contribution in [-0.4, -0.2) is 19.9 Å². The van der Waals surface area contributed by atoms with Crippen molar-refractivity contribution in [3.05, 3.63) is 95.8 Å². The molecule has 6 rings (SSSR count). The van der Waals surface area contributed by atoms with Crippen molar-refractivity contribution in [1.29, 1.82) is 0 Å². The van der Waals surface area contributed by atoms with Crippen LogP contribution < -0.4 is 0 Å². The molecule has 4 heteroatoms. The second-order valence-electron chi connectivity index (χ2n) is 6.35. The Morgan fingerprint density at radius 3 is 1.48 bits per heavy atom. The van der Waals surface area contributed by atoms with Crippen molar-refractivity contribution in [2.24, 2.45) is 0 Å². The largest absolute Gasteiger partial charge is 0.256 e. The molecular formula is C21H12N4. The molecule has 2 heterocycles. The average Bonchev–Trinajstić information content (AvgIpc) is 3.16. The summed E-state index contributed by atoms with van der Waals surface area (Å²) < 4.78 is 0. The highest BCUT2D eigenvalue weighted by Gasteiger charge is 2.55. The van der Waals surface area contributed by atoms with E-state index in [1.165, 1.54) is 22.3 Å². The van der Waals surface area contributed by atoms with Crippen LogP contribution in [0.1, 0.15) is 22.5 Å². The lowest BCUT2D eigenvalue weighted by Crippen LogP contribution is -2.28. The molecule has 4 aromatic rings. The van der Waals surface area contributed by atoms with Crippen molar-refractivity contribution < 1.29 is 0 Å². The maximum absolute atomic E-state index is 4.76. The van der Waals surface area contributed by atoms with Gasteiger partial charge in [0.25, 0.3) is 0 Å². The van der Waals surface area contributed by atoms with Gasteiger partial charge < -0.3 is 0 Å². The second-order valence-corrected chi connectivity index (χ2v) is 6.35. The summed E-state index contributed by atoms with van der Waals surface area (Å²) in [5.74, 6) is 0. The van der Waals surface area contributed by atoms with Crippen LogP contribution in [0.15, 0.2) is 73.3 Å². The number of hydrogen-bond acceptors (Lipinski definition) is 4. The molecule has 116 valence electrons. The van der Waals surface area contributed by atoms with Crippen molar-refractivity contribution in [3.8, 4) is 22.5 Å². The number of fused-ring (bicyclic) bond motifs is 10. The van der Waals surface area contributed by atoms with Crippen LogP contribution in [0.3, 0.4) is 0 Å². The maximum Gasteiger partial charge on any atom is 0.114 e. The van der Waals surface area contributed by atoms with Gasteiger partial charge in [-0.15, -0.1) is 0 Å². The van der Waals surface area contributed by atoms with Crippen molar-refractivity contribution in [2.75, 3.05) is 0 Å². The van der Waals surface area contributed by atoms with E-state index >= 15 is 0 Å². The van der Waals surface area contributed by atoms with Gasteiger partial charge >= 0.3 is 0 Å². The normalized spacial score (nSPS) is 14.7. The van der Waals surface area contributed by atoms with Crippen molar-refractivity contribution in [2.45, 2.75) is 5.41 Å². The zero-order valence-electron chi connectivity index (χ0n) is 13.2. The lowest BCUT2D eigenvalue weighted by molar-refractivity contribution is 0.726. The molecule has 0 aliphatic heterocycles. The minimum absolute atomic E-state index is 0.527. The van der Waals surface area contributed by atoms with Crippen LogP contribution >= 0.6 is 0 Å². The van der Waals surface area contributed by atoms with E-state index in [4.69, 9.17) is 9.97 Å². The Labute approximate surface area is 144 Å². The monoisotopic (exact) mass is 320 g/mol. The third kappa shape index (κ3) is 1.35. The molecule has 2 aromatic carbocycles. The number of rotatable bonds is 0. The Bertz CT molecular complexity index is 978. The molecule has 0 radical (unpaired) electrons.